The average Bonchev–Trinajstić information content (AvgIpc) is 3.66. The Bertz CT molecular complexity index is 1700. The topological polar surface area (TPSA) is 88.2 Å². The first-order valence-corrected chi connectivity index (χ1v) is 13.1. The number of hydrogen-bond acceptors (Lipinski definition) is 6. The van der Waals surface area contributed by atoms with Crippen LogP contribution in [0.4, 0.5) is 10.1 Å². The van der Waals surface area contributed by atoms with Crippen molar-refractivity contribution < 1.29 is 18.7 Å². The van der Waals surface area contributed by atoms with Crippen LogP contribution in [0.1, 0.15) is 36.9 Å². The molecule has 0 fully saturated rings. The highest BCUT2D eigenvalue weighted by Gasteiger charge is 2.21. The highest BCUT2D eigenvalue weighted by atomic mass is 32.1. The van der Waals surface area contributed by atoms with Gasteiger partial charge in [-0.1, -0.05) is 30.3 Å². The second kappa shape index (κ2) is 11.8. The van der Waals surface area contributed by atoms with Gasteiger partial charge in [-0.2, -0.15) is 5.26 Å². The number of nitriles is 1. The minimum atomic E-state index is -0.494. The van der Waals surface area contributed by atoms with E-state index in [9.17, 15) is 14.0 Å². The molecule has 0 radical (unpaired) electrons. The second-order valence-corrected chi connectivity index (χ2v) is 10.0. The highest BCUT2D eigenvalue weighted by Crippen LogP contribution is 2.31. The van der Waals surface area contributed by atoms with Crippen LogP contribution >= 0.6 is 11.3 Å². The lowest BCUT2D eigenvalue weighted by molar-refractivity contribution is 0.0606. The Morgan fingerprint density at radius 3 is 2.52 bits per heavy atom. The smallest absolute Gasteiger partial charge is 0.348 e. The summed E-state index contributed by atoms with van der Waals surface area (Å²) in [5.74, 6) is -1.24. The number of carbonyl (C=O) groups excluding carboxylic acids is 2. The molecule has 0 saturated heterocycles. The fourth-order valence-corrected chi connectivity index (χ4v) is 5.16. The van der Waals surface area contributed by atoms with E-state index in [-0.39, 0.29) is 18.0 Å². The van der Waals surface area contributed by atoms with E-state index in [0.29, 0.717) is 22.7 Å². The van der Waals surface area contributed by atoms with E-state index in [2.05, 4.69) is 11.1 Å². The molecule has 0 aliphatic carbocycles. The van der Waals surface area contributed by atoms with Gasteiger partial charge >= 0.3 is 5.97 Å². The Labute approximate surface area is 234 Å². The number of aromatic nitrogens is 2. The number of methoxy groups -OCH3 is 1. The van der Waals surface area contributed by atoms with E-state index in [0.717, 1.165) is 21.7 Å². The van der Waals surface area contributed by atoms with Crippen LogP contribution in [-0.4, -0.2) is 28.5 Å². The molecule has 0 aliphatic heterocycles. The lowest BCUT2D eigenvalue weighted by atomic mass is 10.1. The minimum Gasteiger partial charge on any atom is -0.465 e. The maximum atomic E-state index is 14.0. The third-order valence-corrected chi connectivity index (χ3v) is 7.44. The number of anilines is 1. The van der Waals surface area contributed by atoms with Gasteiger partial charge in [0.2, 0.25) is 0 Å². The Hall–Kier alpha value is -5.07. The average molecular weight is 551 g/mol. The van der Waals surface area contributed by atoms with Crippen LogP contribution in [0.25, 0.3) is 10.4 Å². The summed E-state index contributed by atoms with van der Waals surface area (Å²) in [5, 5.41) is 9.07. The summed E-state index contributed by atoms with van der Waals surface area (Å²) in [6.45, 7) is 0.694. The van der Waals surface area contributed by atoms with E-state index in [1.165, 1.54) is 36.6 Å². The third-order valence-electron chi connectivity index (χ3n) is 6.33. The summed E-state index contributed by atoms with van der Waals surface area (Å²) in [7, 11) is 1.34. The Morgan fingerprint density at radius 1 is 1.05 bits per heavy atom. The Balaban J connectivity index is 1.45. The monoisotopic (exact) mass is 550 g/mol. The molecule has 2 aromatic heterocycles. The molecule has 40 heavy (non-hydrogen) atoms. The van der Waals surface area contributed by atoms with Crippen molar-refractivity contribution in [3.63, 3.8) is 0 Å². The molecule has 0 saturated carbocycles. The van der Waals surface area contributed by atoms with Gasteiger partial charge in [-0.15, -0.1) is 11.3 Å². The van der Waals surface area contributed by atoms with Crippen molar-refractivity contribution in [2.24, 2.45) is 0 Å². The number of nitrogens with zero attached hydrogens (tertiary/aromatic N) is 4. The quantitative estimate of drug-likeness (QED) is 0.212. The van der Waals surface area contributed by atoms with Crippen LogP contribution in [0.5, 0.6) is 0 Å². The SMILES string of the molecule is COC(=O)c1ccc(-c2ccc(N(Cc3cncn3Cc3ccc(C#N)cc3)C(=O)c3cccc(F)c3)cc2)s1. The molecule has 5 rings (SSSR count). The van der Waals surface area contributed by atoms with Crippen molar-refractivity contribution in [3.05, 3.63) is 131 Å². The summed E-state index contributed by atoms with van der Waals surface area (Å²) in [4.78, 5) is 32.8. The summed E-state index contributed by atoms with van der Waals surface area (Å²) in [5.41, 5.74) is 4.06. The number of benzene rings is 3. The number of amides is 1. The molecule has 0 aliphatic rings. The predicted octanol–water partition coefficient (Wildman–Crippen LogP) is 6.30. The lowest BCUT2D eigenvalue weighted by Gasteiger charge is -2.24. The highest BCUT2D eigenvalue weighted by molar-refractivity contribution is 7.17. The van der Waals surface area contributed by atoms with Gasteiger partial charge in [-0.3, -0.25) is 4.79 Å². The van der Waals surface area contributed by atoms with E-state index in [1.54, 1.807) is 41.7 Å². The predicted molar refractivity (Wildman–Crippen MR) is 150 cm³/mol. The number of carbonyl (C=O) groups is 2. The van der Waals surface area contributed by atoms with Crippen molar-refractivity contribution >= 4 is 28.9 Å². The molecule has 9 heteroatoms. The zero-order chi connectivity index (χ0) is 28.1. The Morgan fingerprint density at radius 2 is 1.82 bits per heavy atom. The van der Waals surface area contributed by atoms with Gasteiger partial charge in [0.05, 0.1) is 37.3 Å². The van der Waals surface area contributed by atoms with Crippen LogP contribution in [0, 0.1) is 17.1 Å². The van der Waals surface area contributed by atoms with Gasteiger partial charge in [0.1, 0.15) is 10.7 Å². The van der Waals surface area contributed by atoms with Gasteiger partial charge in [-0.05, 0) is 65.7 Å². The molecule has 0 unspecified atom stereocenters. The summed E-state index contributed by atoms with van der Waals surface area (Å²) >= 11 is 1.32. The van der Waals surface area contributed by atoms with Crippen LogP contribution in [-0.2, 0) is 17.8 Å². The van der Waals surface area contributed by atoms with Gasteiger partial charge < -0.3 is 14.2 Å². The molecule has 0 spiro atoms. The molecule has 3 aromatic carbocycles. The number of ether oxygens (including phenoxy) is 1. The normalized spacial score (nSPS) is 10.6. The molecule has 7 nitrogen and oxygen atoms in total. The minimum absolute atomic E-state index is 0.191. The standard InChI is InChI=1S/C31H23FN4O3S/c1-39-31(38)29-14-13-28(40-29)23-9-11-26(12-10-23)36(30(37)24-3-2-4-25(32)15-24)19-27-17-34-20-35(27)18-22-7-5-21(16-33)6-8-22/h2-15,17,20H,18-19H2,1H3. The van der Waals surface area contributed by atoms with Crippen molar-refractivity contribution in [2.45, 2.75) is 13.1 Å². The molecular formula is C31H23FN4O3S. The van der Waals surface area contributed by atoms with Gasteiger partial charge in [-0.25, -0.2) is 14.2 Å². The van der Waals surface area contributed by atoms with Crippen LogP contribution in [0.15, 0.2) is 97.5 Å². The first kappa shape index (κ1) is 26.5. The zero-order valence-corrected chi connectivity index (χ0v) is 22.3. The molecule has 0 atom stereocenters. The number of imidazole rings is 1. The molecule has 5 aromatic rings. The van der Waals surface area contributed by atoms with Crippen molar-refractivity contribution in [1.82, 2.24) is 9.55 Å². The van der Waals surface area contributed by atoms with Gasteiger partial charge in [0.25, 0.3) is 5.91 Å². The molecule has 1 amide bonds. The maximum absolute atomic E-state index is 14.0. The van der Waals surface area contributed by atoms with Gasteiger partial charge in [0, 0.05) is 28.9 Å². The van der Waals surface area contributed by atoms with E-state index >= 15 is 0 Å². The second-order valence-electron chi connectivity index (χ2n) is 8.93. The first-order valence-electron chi connectivity index (χ1n) is 12.3. The third kappa shape index (κ3) is 5.82. The number of halogens is 1. The lowest BCUT2D eigenvalue weighted by Crippen LogP contribution is -2.31. The number of esters is 1. The molecule has 198 valence electrons. The molecule has 2 heterocycles. The molecule has 0 N–H and O–H groups in total. The molecular weight excluding hydrogens is 527 g/mol. The van der Waals surface area contributed by atoms with Crippen LogP contribution in [0.3, 0.4) is 0 Å². The van der Waals surface area contributed by atoms with Gasteiger partial charge in [0.15, 0.2) is 0 Å². The summed E-state index contributed by atoms with van der Waals surface area (Å²) in [6, 6.07) is 26.0. The fraction of sp³-hybridized carbons (Fsp3) is 0.0968. The van der Waals surface area contributed by atoms with Crippen molar-refractivity contribution in [3.8, 4) is 16.5 Å². The fourth-order valence-electron chi connectivity index (χ4n) is 4.23. The van der Waals surface area contributed by atoms with Crippen LogP contribution in [0.2, 0.25) is 0 Å². The van der Waals surface area contributed by atoms with E-state index in [4.69, 9.17) is 10.00 Å². The zero-order valence-electron chi connectivity index (χ0n) is 21.5. The van der Waals surface area contributed by atoms with Crippen molar-refractivity contribution in [2.75, 3.05) is 12.0 Å². The number of hydrogen-bond donors (Lipinski definition) is 0. The summed E-state index contributed by atoms with van der Waals surface area (Å²) in [6.07, 6.45) is 3.39. The van der Waals surface area contributed by atoms with Crippen molar-refractivity contribution in [1.29, 1.82) is 5.26 Å². The number of thiophene rings is 1. The summed E-state index contributed by atoms with van der Waals surface area (Å²) < 4.78 is 20.8. The van der Waals surface area contributed by atoms with Crippen LogP contribution < -0.4 is 4.90 Å². The maximum Gasteiger partial charge on any atom is 0.348 e. The largest absolute Gasteiger partial charge is 0.465 e. The Kier molecular flexibility index (Phi) is 7.80. The molecule has 0 bridgehead atoms. The van der Waals surface area contributed by atoms with E-state index in [1.807, 2.05) is 47.0 Å². The number of rotatable bonds is 8. The first-order chi connectivity index (χ1) is 19.4. The van der Waals surface area contributed by atoms with E-state index < -0.39 is 11.8 Å².